The van der Waals surface area contributed by atoms with Crippen LogP contribution < -0.4 is 15.8 Å². The molecule has 0 spiro atoms. The molecule has 3 fully saturated rings. The summed E-state index contributed by atoms with van der Waals surface area (Å²) in [5, 5.41) is 4.00. The number of nitrogens with zero attached hydrogens (tertiary/aromatic N) is 5. The average Bonchev–Trinajstić information content (AvgIpc) is 3.66. The van der Waals surface area contributed by atoms with Gasteiger partial charge in [0.05, 0.1) is 26.3 Å². The summed E-state index contributed by atoms with van der Waals surface area (Å²) in [7, 11) is 0. The molecule has 0 aliphatic carbocycles. The molecule has 3 N–H and O–H groups in total. The number of carbonyl (C=O) groups excluding carboxylic acids is 1. The number of benzene rings is 2. The molecule has 3 aliphatic heterocycles. The fourth-order valence-electron chi connectivity index (χ4n) is 6.88. The smallest absolute Gasteiger partial charge is 0.319 e. The second-order valence-corrected chi connectivity index (χ2v) is 13.4. The number of nitrogen functional groups attached to an aromatic ring is 1. The van der Waals surface area contributed by atoms with E-state index in [9.17, 15) is 9.18 Å². The Bertz CT molecular complexity index is 1800. The molecule has 43 heavy (non-hydrogen) atoms. The third-order valence-electron chi connectivity index (χ3n) is 8.91. The van der Waals surface area contributed by atoms with Gasteiger partial charge in [0, 0.05) is 29.6 Å². The molecule has 0 bridgehead atoms. The average molecular weight is 626 g/mol. The van der Waals surface area contributed by atoms with Crippen molar-refractivity contribution in [1.82, 2.24) is 24.8 Å². The van der Waals surface area contributed by atoms with Crippen molar-refractivity contribution in [3.05, 3.63) is 47.5 Å². The quantitative estimate of drug-likeness (QED) is 0.255. The molecule has 2 aromatic carbocycles. The molecule has 0 saturated carbocycles. The summed E-state index contributed by atoms with van der Waals surface area (Å²) in [6, 6.07) is 4.33. The molecule has 5 heterocycles. The van der Waals surface area contributed by atoms with Crippen LogP contribution >= 0.6 is 22.9 Å². The van der Waals surface area contributed by atoms with Gasteiger partial charge in [0.15, 0.2) is 10.9 Å². The number of nitrogens with one attached hydrogen (secondary N) is 1. The fourth-order valence-corrected chi connectivity index (χ4v) is 7.94. The van der Waals surface area contributed by atoms with Gasteiger partial charge in [0.2, 0.25) is 5.91 Å². The summed E-state index contributed by atoms with van der Waals surface area (Å²) in [6.45, 7) is 8.81. The minimum absolute atomic E-state index is 0.00160. The number of halogens is 3. The predicted molar refractivity (Wildman–Crippen MR) is 165 cm³/mol. The van der Waals surface area contributed by atoms with Gasteiger partial charge in [-0.25, -0.2) is 13.8 Å². The van der Waals surface area contributed by atoms with E-state index in [1.165, 1.54) is 18.2 Å². The zero-order valence-electron chi connectivity index (χ0n) is 23.6. The predicted octanol–water partition coefficient (Wildman–Crippen LogP) is 5.63. The number of thiazole rings is 1. The summed E-state index contributed by atoms with van der Waals surface area (Å²) >= 11 is 7.72. The summed E-state index contributed by atoms with van der Waals surface area (Å²) < 4.78 is 37.7. The second-order valence-electron chi connectivity index (χ2n) is 11.9. The first-order valence-electron chi connectivity index (χ1n) is 14.2. The van der Waals surface area contributed by atoms with Gasteiger partial charge in [0.25, 0.3) is 0 Å². The lowest BCUT2D eigenvalue weighted by Crippen LogP contribution is -2.65. The highest BCUT2D eigenvalue weighted by atomic mass is 35.5. The SMILES string of the molecule is C=CC(=O)N1CC(C)(Nc2nc(OCC34CCCN3CCC4)nc3c(F)c(-c4ccc(F)c5sc(N)nc45)c(Cl)cc23)C1. The van der Waals surface area contributed by atoms with E-state index in [-0.39, 0.29) is 48.9 Å². The summed E-state index contributed by atoms with van der Waals surface area (Å²) in [5.74, 6) is -1.03. The summed E-state index contributed by atoms with van der Waals surface area (Å²) in [6.07, 6.45) is 5.55. The van der Waals surface area contributed by atoms with E-state index in [0.29, 0.717) is 36.5 Å². The van der Waals surface area contributed by atoms with Gasteiger partial charge in [-0.15, -0.1) is 0 Å². The van der Waals surface area contributed by atoms with Crippen LogP contribution in [0.4, 0.5) is 19.7 Å². The third-order valence-corrected chi connectivity index (χ3v) is 10.1. The number of rotatable bonds is 7. The van der Waals surface area contributed by atoms with Crippen molar-refractivity contribution in [2.24, 2.45) is 0 Å². The molecule has 3 aliphatic rings. The van der Waals surface area contributed by atoms with E-state index in [1.807, 2.05) is 6.92 Å². The van der Waals surface area contributed by atoms with E-state index < -0.39 is 17.2 Å². The van der Waals surface area contributed by atoms with Crippen LogP contribution in [-0.2, 0) is 4.79 Å². The molecule has 1 amide bonds. The number of ether oxygens (including phenoxy) is 1. The maximum absolute atomic E-state index is 16.6. The summed E-state index contributed by atoms with van der Waals surface area (Å²) in [4.78, 5) is 29.7. The summed E-state index contributed by atoms with van der Waals surface area (Å²) in [5.41, 5.74) is 5.85. The van der Waals surface area contributed by atoms with E-state index >= 15 is 4.39 Å². The van der Waals surface area contributed by atoms with Crippen LogP contribution in [0.25, 0.3) is 32.2 Å². The molecule has 2 aromatic heterocycles. The first-order chi connectivity index (χ1) is 20.6. The van der Waals surface area contributed by atoms with Crippen LogP contribution in [0.1, 0.15) is 32.6 Å². The number of nitrogens with two attached hydrogens (primary N) is 1. The number of hydrogen-bond acceptors (Lipinski definition) is 9. The zero-order valence-corrected chi connectivity index (χ0v) is 25.1. The second kappa shape index (κ2) is 10.2. The molecule has 0 atom stereocenters. The first kappa shape index (κ1) is 28.2. The van der Waals surface area contributed by atoms with Gasteiger partial charge >= 0.3 is 6.01 Å². The highest BCUT2D eigenvalue weighted by molar-refractivity contribution is 7.22. The lowest BCUT2D eigenvalue weighted by Gasteiger charge is -2.48. The number of likely N-dealkylation sites (tertiary alicyclic amines) is 1. The zero-order chi connectivity index (χ0) is 30.1. The van der Waals surface area contributed by atoms with Gasteiger partial charge in [-0.05, 0) is 70.0 Å². The van der Waals surface area contributed by atoms with Gasteiger partial charge in [-0.2, -0.15) is 9.97 Å². The Morgan fingerprint density at radius 2 is 1.95 bits per heavy atom. The van der Waals surface area contributed by atoms with Crippen LogP contribution in [0.5, 0.6) is 6.01 Å². The number of amides is 1. The van der Waals surface area contributed by atoms with Gasteiger partial charge in [0.1, 0.15) is 23.8 Å². The van der Waals surface area contributed by atoms with Crippen LogP contribution in [0.3, 0.4) is 0 Å². The Morgan fingerprint density at radius 3 is 2.67 bits per heavy atom. The standard InChI is InChI=1S/C30H30ClF2N7O2S/c1-3-20(41)39-13-29(2,14-39)38-26-17-12-18(31)21(16-6-7-19(32)25-24(16)35-27(34)43-25)22(33)23(17)36-28(37-26)42-15-30-8-4-10-40(30)11-5-9-30/h3,6-7,12H,1,4-5,8-11,13-15H2,2H3,(H2,34,35)(H,36,37,38). The Hall–Kier alpha value is -3.61. The lowest BCUT2D eigenvalue weighted by atomic mass is 9.91. The van der Waals surface area contributed by atoms with Crippen molar-refractivity contribution < 1.29 is 18.3 Å². The molecule has 3 saturated heterocycles. The molecule has 9 nitrogen and oxygen atoms in total. The molecule has 0 unspecified atom stereocenters. The van der Waals surface area contributed by atoms with Gasteiger partial charge in [-0.1, -0.05) is 29.5 Å². The molecule has 224 valence electrons. The number of anilines is 2. The molecule has 7 rings (SSSR count). The Morgan fingerprint density at radius 1 is 1.21 bits per heavy atom. The normalized spacial score (nSPS) is 19.0. The highest BCUT2D eigenvalue weighted by Crippen LogP contribution is 2.43. The largest absolute Gasteiger partial charge is 0.461 e. The Balaban J connectivity index is 1.33. The van der Waals surface area contributed by atoms with E-state index in [1.54, 1.807) is 11.0 Å². The van der Waals surface area contributed by atoms with Crippen molar-refractivity contribution in [2.75, 3.05) is 43.8 Å². The minimum atomic E-state index is -0.707. The van der Waals surface area contributed by atoms with E-state index in [0.717, 1.165) is 50.1 Å². The first-order valence-corrected chi connectivity index (χ1v) is 15.4. The van der Waals surface area contributed by atoms with Gasteiger partial charge in [-0.3, -0.25) is 9.69 Å². The molecular formula is C30H30ClF2N7O2S. The van der Waals surface area contributed by atoms with Crippen molar-refractivity contribution in [3.63, 3.8) is 0 Å². The lowest BCUT2D eigenvalue weighted by molar-refractivity contribution is -0.132. The molecule has 0 radical (unpaired) electrons. The van der Waals surface area contributed by atoms with Crippen molar-refractivity contribution in [1.29, 1.82) is 0 Å². The van der Waals surface area contributed by atoms with Crippen molar-refractivity contribution >= 4 is 60.9 Å². The number of carbonyl (C=O) groups is 1. The molecule has 4 aromatic rings. The van der Waals surface area contributed by atoms with Crippen LogP contribution in [0.2, 0.25) is 5.02 Å². The number of aromatic nitrogens is 3. The van der Waals surface area contributed by atoms with Crippen molar-refractivity contribution in [3.8, 4) is 17.1 Å². The highest BCUT2D eigenvalue weighted by Gasteiger charge is 2.45. The maximum atomic E-state index is 16.6. The molecular weight excluding hydrogens is 596 g/mol. The fraction of sp³-hybridized carbons (Fsp3) is 0.400. The van der Waals surface area contributed by atoms with E-state index in [2.05, 4.69) is 26.8 Å². The topological polar surface area (TPSA) is 110 Å². The number of fused-ring (bicyclic) bond motifs is 3. The number of hydrogen-bond donors (Lipinski definition) is 2. The Labute approximate surface area is 255 Å². The maximum Gasteiger partial charge on any atom is 0.319 e. The van der Waals surface area contributed by atoms with E-state index in [4.69, 9.17) is 27.1 Å². The third kappa shape index (κ3) is 4.67. The monoisotopic (exact) mass is 625 g/mol. The van der Waals surface area contributed by atoms with Gasteiger partial charge < -0.3 is 20.7 Å². The van der Waals surface area contributed by atoms with Crippen molar-refractivity contribution in [2.45, 2.75) is 43.7 Å². The Kier molecular flexibility index (Phi) is 6.71. The van der Waals surface area contributed by atoms with Crippen LogP contribution in [0.15, 0.2) is 30.9 Å². The minimum Gasteiger partial charge on any atom is -0.461 e. The van der Waals surface area contributed by atoms with Crippen LogP contribution in [-0.4, -0.2) is 74.5 Å². The van der Waals surface area contributed by atoms with Crippen LogP contribution in [0, 0.1) is 11.6 Å². The molecule has 13 heteroatoms.